The zero-order chi connectivity index (χ0) is 30.2. The quantitative estimate of drug-likeness (QED) is 0.0727. The molecule has 0 saturated heterocycles. The van der Waals surface area contributed by atoms with Crippen LogP contribution in [0.25, 0.3) is 75.4 Å². The molecule has 8 aromatic carbocycles. The van der Waals surface area contributed by atoms with E-state index in [-0.39, 0.29) is 74.9 Å². The fourth-order valence-electron chi connectivity index (χ4n) is 7.04. The van der Waals surface area contributed by atoms with Crippen molar-refractivity contribution in [1.29, 1.82) is 0 Å². The van der Waals surface area contributed by atoms with E-state index in [0.717, 1.165) is 0 Å². The molecular weight excluding hydrogens is 630 g/mol. The standard InChI is InChI=1S/C30H12Cl4O8/c1-3-5-6-4(2)20(32)28(40)16-8(6)10-9-7(5)15(27(39)19(3)31)23(35)17-11(9)13(25(37)21(33)29(17)41)14-12(10)18(24(16)36)30(42)22(34)26(14)38/h35,37-38,40-42H,1-2H3. The summed E-state index contributed by atoms with van der Waals surface area (Å²) >= 11 is 25.8. The van der Waals surface area contributed by atoms with E-state index in [9.17, 15) is 40.2 Å². The van der Waals surface area contributed by atoms with Crippen molar-refractivity contribution in [3.8, 4) is 34.5 Å². The van der Waals surface area contributed by atoms with Crippen molar-refractivity contribution in [2.24, 2.45) is 0 Å². The van der Waals surface area contributed by atoms with E-state index in [1.165, 1.54) is 0 Å². The van der Waals surface area contributed by atoms with E-state index in [0.29, 0.717) is 16.3 Å². The van der Waals surface area contributed by atoms with Crippen LogP contribution in [0.4, 0.5) is 0 Å². The van der Waals surface area contributed by atoms with E-state index < -0.39 is 60.8 Å². The number of aromatic hydroxyl groups is 6. The molecule has 0 aromatic heterocycles. The molecule has 0 spiro atoms. The minimum Gasteiger partial charge on any atom is -0.506 e. The lowest BCUT2D eigenvalue weighted by atomic mass is 9.77. The van der Waals surface area contributed by atoms with Crippen LogP contribution >= 0.6 is 46.4 Å². The second-order valence-corrected chi connectivity index (χ2v) is 12.0. The van der Waals surface area contributed by atoms with Gasteiger partial charge in [-0.05, 0) is 35.7 Å². The maximum atomic E-state index is 14.2. The Morgan fingerprint density at radius 1 is 0.333 bits per heavy atom. The number of benzene rings is 8. The molecule has 0 amide bonds. The highest BCUT2D eigenvalue weighted by molar-refractivity contribution is 6.55. The summed E-state index contributed by atoms with van der Waals surface area (Å²) in [5, 5.41) is 65.6. The van der Waals surface area contributed by atoms with Crippen LogP contribution in [-0.2, 0) is 0 Å². The molecule has 12 heteroatoms. The van der Waals surface area contributed by atoms with Crippen LogP contribution in [-0.4, -0.2) is 30.6 Å². The number of aryl methyl sites for hydroxylation is 2. The fourth-order valence-corrected chi connectivity index (χ4v) is 7.80. The Hall–Kier alpha value is -4.08. The Labute approximate surface area is 251 Å². The van der Waals surface area contributed by atoms with Gasteiger partial charge < -0.3 is 30.6 Å². The summed E-state index contributed by atoms with van der Waals surface area (Å²) in [5.74, 6) is -4.27. The van der Waals surface area contributed by atoms with Crippen molar-refractivity contribution >= 4 is 122 Å². The van der Waals surface area contributed by atoms with E-state index in [2.05, 4.69) is 0 Å². The first-order valence-electron chi connectivity index (χ1n) is 12.3. The third kappa shape index (κ3) is 2.37. The molecule has 0 heterocycles. The van der Waals surface area contributed by atoms with Gasteiger partial charge in [-0.2, -0.15) is 0 Å². The zero-order valence-electron chi connectivity index (χ0n) is 21.0. The maximum absolute atomic E-state index is 14.2. The third-order valence-corrected chi connectivity index (χ3v) is 10.4. The largest absolute Gasteiger partial charge is 0.506 e. The van der Waals surface area contributed by atoms with Gasteiger partial charge in [0.15, 0.2) is 0 Å². The van der Waals surface area contributed by atoms with Gasteiger partial charge in [0.2, 0.25) is 10.9 Å². The van der Waals surface area contributed by atoms with Gasteiger partial charge in [0.05, 0.1) is 31.6 Å². The lowest BCUT2D eigenvalue weighted by molar-refractivity contribution is 0.452. The topological polar surface area (TPSA) is 156 Å². The lowest BCUT2D eigenvalue weighted by Crippen LogP contribution is -2.11. The SMILES string of the molecule is Cc1c(Cl)c(=O)c2c(O)c3c(O)c(Cl)c(O)c4c5c(O)c(Cl)c(O)c6c(=O)c7c(O)c(Cl)c(C)c8c1c2c(c34)c(c65)c78. The summed E-state index contributed by atoms with van der Waals surface area (Å²) in [6.45, 7) is 3.17. The summed E-state index contributed by atoms with van der Waals surface area (Å²) in [6, 6.07) is 0. The number of hydrogen-bond acceptors (Lipinski definition) is 8. The van der Waals surface area contributed by atoms with Crippen molar-refractivity contribution < 1.29 is 30.6 Å². The highest BCUT2D eigenvalue weighted by Gasteiger charge is 2.36. The van der Waals surface area contributed by atoms with Gasteiger partial charge in [-0.1, -0.05) is 46.4 Å². The van der Waals surface area contributed by atoms with E-state index >= 15 is 0 Å². The molecule has 0 unspecified atom stereocenters. The van der Waals surface area contributed by atoms with Crippen molar-refractivity contribution in [3.05, 3.63) is 51.7 Å². The van der Waals surface area contributed by atoms with Crippen LogP contribution in [0.5, 0.6) is 34.5 Å². The van der Waals surface area contributed by atoms with Crippen molar-refractivity contribution in [3.63, 3.8) is 0 Å². The fraction of sp³-hybridized carbons (Fsp3) is 0.0667. The Balaban J connectivity index is 2.06. The van der Waals surface area contributed by atoms with Gasteiger partial charge in [-0.15, -0.1) is 0 Å². The summed E-state index contributed by atoms with van der Waals surface area (Å²) in [4.78, 5) is 27.9. The minimum absolute atomic E-state index is 0.0229. The number of phenolic OH excluding ortho intramolecular Hbond substituents is 6. The van der Waals surface area contributed by atoms with Crippen molar-refractivity contribution in [2.45, 2.75) is 13.8 Å². The van der Waals surface area contributed by atoms with Crippen LogP contribution in [0.15, 0.2) is 9.59 Å². The van der Waals surface area contributed by atoms with Gasteiger partial charge in [0.1, 0.15) is 44.5 Å². The molecule has 0 atom stereocenters. The van der Waals surface area contributed by atoms with Gasteiger partial charge in [0, 0.05) is 43.1 Å². The van der Waals surface area contributed by atoms with E-state index in [4.69, 9.17) is 46.4 Å². The summed E-state index contributed by atoms with van der Waals surface area (Å²) in [6.07, 6.45) is 0. The van der Waals surface area contributed by atoms with Gasteiger partial charge in [-0.25, -0.2) is 0 Å². The second kappa shape index (κ2) is 7.46. The van der Waals surface area contributed by atoms with Crippen LogP contribution in [0.1, 0.15) is 11.1 Å². The van der Waals surface area contributed by atoms with Gasteiger partial charge in [0.25, 0.3) is 0 Å². The number of fused-ring (bicyclic) bond motifs is 2. The number of halogens is 4. The molecule has 208 valence electrons. The highest BCUT2D eigenvalue weighted by Crippen LogP contribution is 2.62. The molecule has 8 nitrogen and oxygen atoms in total. The first-order chi connectivity index (χ1) is 19.7. The number of hydrogen-bond donors (Lipinski definition) is 6. The van der Waals surface area contributed by atoms with E-state index in [1.807, 2.05) is 0 Å². The van der Waals surface area contributed by atoms with Crippen LogP contribution in [0.2, 0.25) is 20.1 Å². The smallest absolute Gasteiger partial charge is 0.209 e. The number of phenols is 6. The summed E-state index contributed by atoms with van der Waals surface area (Å²) in [5.41, 5.74) is -1.04. The predicted octanol–water partition coefficient (Wildman–Crippen LogP) is 7.69. The molecule has 0 aliphatic carbocycles. The zero-order valence-corrected chi connectivity index (χ0v) is 24.0. The average molecular weight is 642 g/mol. The Bertz CT molecular complexity index is 2680. The first kappa shape index (κ1) is 25.6. The number of rotatable bonds is 0. The molecule has 6 N–H and O–H groups in total. The normalized spacial score (nSPS) is 12.8. The first-order valence-corrected chi connectivity index (χ1v) is 13.8. The predicted molar refractivity (Wildman–Crippen MR) is 166 cm³/mol. The van der Waals surface area contributed by atoms with Gasteiger partial charge >= 0.3 is 0 Å². The molecule has 0 aliphatic heterocycles. The molecule has 0 fully saturated rings. The third-order valence-electron chi connectivity index (χ3n) is 8.74. The van der Waals surface area contributed by atoms with Crippen molar-refractivity contribution in [2.75, 3.05) is 0 Å². The van der Waals surface area contributed by atoms with Crippen LogP contribution in [0.3, 0.4) is 0 Å². The molecular formula is C30H12Cl4O8. The molecule has 8 rings (SSSR count). The van der Waals surface area contributed by atoms with Crippen LogP contribution < -0.4 is 10.9 Å². The Kier molecular flexibility index (Phi) is 4.55. The molecule has 0 bridgehead atoms. The Morgan fingerprint density at radius 3 is 1.14 bits per heavy atom. The molecule has 8 aromatic rings. The second-order valence-electron chi connectivity index (χ2n) is 10.5. The molecule has 0 radical (unpaired) electrons. The maximum Gasteiger partial charge on any atom is 0.209 e. The molecule has 0 saturated carbocycles. The summed E-state index contributed by atoms with van der Waals surface area (Å²) in [7, 11) is 0. The van der Waals surface area contributed by atoms with Crippen molar-refractivity contribution in [1.82, 2.24) is 0 Å². The van der Waals surface area contributed by atoms with Gasteiger partial charge in [-0.3, -0.25) is 9.59 Å². The molecule has 0 aliphatic rings. The summed E-state index contributed by atoms with van der Waals surface area (Å²) < 4.78 is 0. The highest BCUT2D eigenvalue weighted by atomic mass is 35.5. The monoisotopic (exact) mass is 640 g/mol. The van der Waals surface area contributed by atoms with Crippen LogP contribution in [0, 0.1) is 13.8 Å². The average Bonchev–Trinajstić information content (AvgIpc) is 2.95. The lowest BCUT2D eigenvalue weighted by Gasteiger charge is -2.26. The minimum atomic E-state index is -0.878. The Morgan fingerprint density at radius 2 is 0.643 bits per heavy atom. The molecule has 42 heavy (non-hydrogen) atoms. The van der Waals surface area contributed by atoms with E-state index in [1.54, 1.807) is 13.8 Å².